The third-order valence-corrected chi connectivity index (χ3v) is 3.73. The summed E-state index contributed by atoms with van der Waals surface area (Å²) < 4.78 is 5.30. The molecule has 6 nitrogen and oxygen atoms in total. The molecule has 21 heavy (non-hydrogen) atoms. The van der Waals surface area contributed by atoms with E-state index in [0.717, 1.165) is 31.6 Å². The Morgan fingerprint density at radius 2 is 2.29 bits per heavy atom. The molecular formula is C14H22ClN3O3. The van der Waals surface area contributed by atoms with Gasteiger partial charge < -0.3 is 10.1 Å². The zero-order valence-electron chi connectivity index (χ0n) is 12.4. The summed E-state index contributed by atoms with van der Waals surface area (Å²) in [5.41, 5.74) is 0.999. The fraction of sp³-hybridized carbons (Fsp3) is 0.571. The number of ether oxygens (including phenoxy) is 1. The number of nitro groups is 1. The average Bonchev–Trinajstić information content (AvgIpc) is 2.86. The van der Waals surface area contributed by atoms with Gasteiger partial charge in [-0.05, 0) is 38.5 Å². The molecule has 0 spiro atoms. The van der Waals surface area contributed by atoms with E-state index in [2.05, 4.69) is 10.2 Å². The molecule has 0 bridgehead atoms. The van der Waals surface area contributed by atoms with Gasteiger partial charge in [0.25, 0.3) is 5.69 Å². The van der Waals surface area contributed by atoms with E-state index in [0.29, 0.717) is 18.2 Å². The van der Waals surface area contributed by atoms with Crippen molar-refractivity contribution < 1.29 is 9.66 Å². The molecule has 7 heteroatoms. The molecular weight excluding hydrogens is 294 g/mol. The molecule has 1 saturated heterocycles. The lowest BCUT2D eigenvalue weighted by atomic mass is 10.1. The third-order valence-electron chi connectivity index (χ3n) is 3.73. The van der Waals surface area contributed by atoms with Crippen molar-refractivity contribution in [2.75, 3.05) is 33.8 Å². The van der Waals surface area contributed by atoms with Gasteiger partial charge in [0, 0.05) is 30.8 Å². The van der Waals surface area contributed by atoms with E-state index in [1.54, 1.807) is 19.2 Å². The van der Waals surface area contributed by atoms with Crippen molar-refractivity contribution in [3.63, 3.8) is 0 Å². The maximum absolute atomic E-state index is 10.9. The molecule has 0 aromatic heterocycles. The second kappa shape index (κ2) is 8.17. The fourth-order valence-corrected chi connectivity index (χ4v) is 2.75. The standard InChI is InChI=1S/C14H21N3O3.ClH/c1-15-8-11-5-6-16(9-11)10-12-7-13(17(18)19)3-4-14(12)20-2;/h3-4,7,11,15H,5-6,8-10H2,1-2H3;1H. The Morgan fingerprint density at radius 3 is 2.90 bits per heavy atom. The quantitative estimate of drug-likeness (QED) is 0.643. The first-order chi connectivity index (χ1) is 9.63. The first-order valence-corrected chi connectivity index (χ1v) is 6.82. The number of halogens is 1. The molecule has 0 saturated carbocycles. The van der Waals surface area contributed by atoms with Gasteiger partial charge in [0.15, 0.2) is 0 Å². The average molecular weight is 316 g/mol. The van der Waals surface area contributed by atoms with Crippen LogP contribution in [0.25, 0.3) is 0 Å². The third kappa shape index (κ3) is 4.56. The number of hydrogen-bond acceptors (Lipinski definition) is 5. The fourth-order valence-electron chi connectivity index (χ4n) is 2.75. The van der Waals surface area contributed by atoms with Crippen molar-refractivity contribution in [1.82, 2.24) is 10.2 Å². The minimum atomic E-state index is -0.364. The second-order valence-electron chi connectivity index (χ2n) is 5.20. The van der Waals surface area contributed by atoms with E-state index in [4.69, 9.17) is 4.74 Å². The summed E-state index contributed by atoms with van der Waals surface area (Å²) >= 11 is 0. The van der Waals surface area contributed by atoms with Crippen LogP contribution in [0.4, 0.5) is 5.69 Å². The number of methoxy groups -OCH3 is 1. The topological polar surface area (TPSA) is 67.6 Å². The SMILES string of the molecule is CNCC1CCN(Cc2cc([N+](=O)[O-])ccc2OC)C1.Cl. The van der Waals surface area contributed by atoms with Crippen LogP contribution < -0.4 is 10.1 Å². The highest BCUT2D eigenvalue weighted by atomic mass is 35.5. The van der Waals surface area contributed by atoms with Gasteiger partial charge in [-0.2, -0.15) is 0 Å². The lowest BCUT2D eigenvalue weighted by molar-refractivity contribution is -0.384. The summed E-state index contributed by atoms with van der Waals surface area (Å²) in [4.78, 5) is 12.8. The van der Waals surface area contributed by atoms with Crippen LogP contribution >= 0.6 is 12.4 Å². The van der Waals surface area contributed by atoms with Crippen LogP contribution in [-0.4, -0.2) is 43.6 Å². The first kappa shape index (κ1) is 17.7. The Bertz CT molecular complexity index is 485. The molecule has 1 N–H and O–H groups in total. The molecule has 0 radical (unpaired) electrons. The summed E-state index contributed by atoms with van der Waals surface area (Å²) in [5.74, 6) is 1.37. The van der Waals surface area contributed by atoms with E-state index in [9.17, 15) is 10.1 Å². The highest BCUT2D eigenvalue weighted by Gasteiger charge is 2.23. The van der Waals surface area contributed by atoms with Crippen LogP contribution in [0.3, 0.4) is 0 Å². The van der Waals surface area contributed by atoms with Gasteiger partial charge in [0.2, 0.25) is 0 Å². The van der Waals surface area contributed by atoms with Crippen LogP contribution in [0, 0.1) is 16.0 Å². The number of hydrogen-bond donors (Lipinski definition) is 1. The first-order valence-electron chi connectivity index (χ1n) is 6.82. The van der Waals surface area contributed by atoms with Crippen molar-refractivity contribution in [2.45, 2.75) is 13.0 Å². The normalized spacial score (nSPS) is 18.3. The predicted molar refractivity (Wildman–Crippen MR) is 84.2 cm³/mol. The number of nitro benzene ring substituents is 1. The minimum absolute atomic E-state index is 0. The maximum atomic E-state index is 10.9. The molecule has 1 aromatic carbocycles. The summed E-state index contributed by atoms with van der Waals surface area (Å²) in [6.45, 7) is 3.76. The van der Waals surface area contributed by atoms with E-state index in [1.165, 1.54) is 6.07 Å². The van der Waals surface area contributed by atoms with Crippen molar-refractivity contribution in [2.24, 2.45) is 5.92 Å². The lowest BCUT2D eigenvalue weighted by Crippen LogP contribution is -2.24. The molecule has 1 aromatic rings. The Balaban J connectivity index is 0.00000220. The van der Waals surface area contributed by atoms with Crippen LogP contribution in [0.2, 0.25) is 0 Å². The Hall–Kier alpha value is -1.37. The minimum Gasteiger partial charge on any atom is -0.496 e. The molecule has 1 aliphatic heterocycles. The number of benzene rings is 1. The lowest BCUT2D eigenvalue weighted by Gasteiger charge is -2.17. The van der Waals surface area contributed by atoms with E-state index in [-0.39, 0.29) is 23.0 Å². The van der Waals surface area contributed by atoms with Gasteiger partial charge in [0.1, 0.15) is 5.75 Å². The molecule has 1 unspecified atom stereocenters. The summed E-state index contributed by atoms with van der Waals surface area (Å²) in [5, 5.41) is 14.1. The van der Waals surface area contributed by atoms with Gasteiger partial charge in [-0.25, -0.2) is 0 Å². The number of nitrogens with one attached hydrogen (secondary N) is 1. The van der Waals surface area contributed by atoms with Gasteiger partial charge >= 0.3 is 0 Å². The number of likely N-dealkylation sites (tertiary alicyclic amines) is 1. The van der Waals surface area contributed by atoms with Gasteiger partial charge in [-0.1, -0.05) is 0 Å². The molecule has 118 valence electrons. The van der Waals surface area contributed by atoms with E-state index in [1.807, 2.05) is 7.05 Å². The van der Waals surface area contributed by atoms with Crippen LogP contribution in [0.15, 0.2) is 18.2 Å². The van der Waals surface area contributed by atoms with Crippen LogP contribution in [0.5, 0.6) is 5.75 Å². The zero-order valence-corrected chi connectivity index (χ0v) is 13.2. The molecule has 2 rings (SSSR count). The second-order valence-corrected chi connectivity index (χ2v) is 5.20. The molecule has 0 amide bonds. The van der Waals surface area contributed by atoms with Crippen molar-refractivity contribution >= 4 is 18.1 Å². The highest BCUT2D eigenvalue weighted by Crippen LogP contribution is 2.27. The Labute approximate surface area is 131 Å². The van der Waals surface area contributed by atoms with E-state index < -0.39 is 0 Å². The van der Waals surface area contributed by atoms with E-state index >= 15 is 0 Å². The van der Waals surface area contributed by atoms with Crippen molar-refractivity contribution in [1.29, 1.82) is 0 Å². The summed E-state index contributed by atoms with van der Waals surface area (Å²) in [6.07, 6.45) is 1.16. The molecule has 0 aliphatic carbocycles. The van der Waals surface area contributed by atoms with Crippen molar-refractivity contribution in [3.05, 3.63) is 33.9 Å². The Morgan fingerprint density at radius 1 is 1.52 bits per heavy atom. The van der Waals surface area contributed by atoms with Gasteiger partial charge in [-0.15, -0.1) is 12.4 Å². The number of nitrogens with zero attached hydrogens (tertiary/aromatic N) is 2. The highest BCUT2D eigenvalue weighted by molar-refractivity contribution is 5.85. The molecule has 1 heterocycles. The number of non-ortho nitro benzene ring substituents is 1. The zero-order chi connectivity index (χ0) is 14.5. The smallest absolute Gasteiger partial charge is 0.270 e. The molecule has 1 atom stereocenters. The molecule has 1 fully saturated rings. The molecule has 1 aliphatic rings. The van der Waals surface area contributed by atoms with Crippen LogP contribution in [0.1, 0.15) is 12.0 Å². The summed E-state index contributed by atoms with van der Waals surface area (Å²) in [7, 11) is 3.56. The largest absolute Gasteiger partial charge is 0.496 e. The maximum Gasteiger partial charge on any atom is 0.270 e. The monoisotopic (exact) mass is 315 g/mol. The Kier molecular flexibility index (Phi) is 6.87. The van der Waals surface area contributed by atoms with Crippen molar-refractivity contribution in [3.8, 4) is 5.75 Å². The number of rotatable bonds is 6. The predicted octanol–water partition coefficient (Wildman–Crippen LogP) is 2.07. The summed E-state index contributed by atoms with van der Waals surface area (Å²) in [6, 6.07) is 4.77. The van der Waals surface area contributed by atoms with Crippen LogP contribution in [-0.2, 0) is 6.54 Å². The van der Waals surface area contributed by atoms with Gasteiger partial charge in [-0.3, -0.25) is 15.0 Å². The van der Waals surface area contributed by atoms with Gasteiger partial charge in [0.05, 0.1) is 12.0 Å².